The van der Waals surface area contributed by atoms with Gasteiger partial charge in [0.1, 0.15) is 17.5 Å². The third kappa shape index (κ3) is 2.79. The second-order valence-electron chi connectivity index (χ2n) is 6.26. The molecule has 28 heavy (non-hydrogen) atoms. The quantitative estimate of drug-likeness (QED) is 0.629. The van der Waals surface area contributed by atoms with Crippen molar-refractivity contribution in [2.75, 3.05) is 14.2 Å². The van der Waals surface area contributed by atoms with Crippen LogP contribution in [0.1, 0.15) is 39.6 Å². The number of fused-ring (bicyclic) bond motifs is 1. The molecular formula is C20H17N3O5. The number of amides is 2. The topological polar surface area (TPSA) is 94.8 Å². The van der Waals surface area contributed by atoms with Crippen LogP contribution in [0.4, 0.5) is 0 Å². The first-order chi connectivity index (χ1) is 13.5. The number of nitrogens with zero attached hydrogens (tertiary/aromatic N) is 3. The Hall–Kier alpha value is -3.68. The van der Waals surface area contributed by atoms with E-state index in [0.717, 1.165) is 4.90 Å². The van der Waals surface area contributed by atoms with Crippen LogP contribution >= 0.6 is 0 Å². The molecule has 1 atom stereocenters. The molecule has 1 aromatic heterocycles. The molecule has 4 rings (SSSR count). The molecule has 0 aliphatic carbocycles. The number of carbonyl (C=O) groups excluding carboxylic acids is 2. The minimum absolute atomic E-state index is 0.159. The summed E-state index contributed by atoms with van der Waals surface area (Å²) in [7, 11) is 3.09. The van der Waals surface area contributed by atoms with Gasteiger partial charge in [-0.15, -0.1) is 0 Å². The summed E-state index contributed by atoms with van der Waals surface area (Å²) >= 11 is 0. The van der Waals surface area contributed by atoms with E-state index in [1.807, 2.05) is 0 Å². The molecule has 2 heterocycles. The number of aromatic nitrogens is 2. The number of rotatable bonds is 5. The van der Waals surface area contributed by atoms with Gasteiger partial charge in [0.2, 0.25) is 11.7 Å². The molecule has 0 saturated carbocycles. The van der Waals surface area contributed by atoms with E-state index in [0.29, 0.717) is 34.0 Å². The molecule has 0 saturated heterocycles. The van der Waals surface area contributed by atoms with Gasteiger partial charge in [-0.2, -0.15) is 4.98 Å². The number of carbonyl (C=O) groups is 2. The predicted octanol–water partition coefficient (Wildman–Crippen LogP) is 3.11. The number of hydrogen-bond donors (Lipinski definition) is 0. The lowest BCUT2D eigenvalue weighted by molar-refractivity contribution is 0.0568. The third-order valence-corrected chi connectivity index (χ3v) is 4.62. The SMILES string of the molecule is COc1cc(OC)cc(-c2noc(C(C)N3C(=O)c4ccccc4C3=O)n2)c1. The summed E-state index contributed by atoms with van der Waals surface area (Å²) in [5, 5.41) is 3.98. The predicted molar refractivity (Wildman–Crippen MR) is 98.2 cm³/mol. The Labute approximate surface area is 160 Å². The first-order valence-corrected chi connectivity index (χ1v) is 8.57. The zero-order valence-electron chi connectivity index (χ0n) is 15.5. The molecular weight excluding hydrogens is 362 g/mol. The molecule has 0 spiro atoms. The maximum Gasteiger partial charge on any atom is 0.262 e. The van der Waals surface area contributed by atoms with Gasteiger partial charge in [-0.05, 0) is 31.2 Å². The Bertz CT molecular complexity index is 1020. The van der Waals surface area contributed by atoms with E-state index in [1.54, 1.807) is 63.6 Å². The number of imide groups is 1. The maximum absolute atomic E-state index is 12.6. The Kier molecular flexibility index (Phi) is 4.31. The van der Waals surface area contributed by atoms with E-state index in [9.17, 15) is 9.59 Å². The van der Waals surface area contributed by atoms with E-state index < -0.39 is 6.04 Å². The molecule has 1 aliphatic rings. The van der Waals surface area contributed by atoms with Gasteiger partial charge >= 0.3 is 0 Å². The minimum atomic E-state index is -0.707. The maximum atomic E-state index is 12.6. The molecule has 8 heteroatoms. The van der Waals surface area contributed by atoms with Gasteiger partial charge in [0, 0.05) is 11.6 Å². The molecule has 2 amide bonds. The molecule has 3 aromatic rings. The summed E-state index contributed by atoms with van der Waals surface area (Å²) in [6, 6.07) is 11.2. The molecule has 0 fully saturated rings. The standard InChI is InChI=1S/C20H17N3O5/c1-11(23-19(24)15-6-4-5-7-16(15)20(23)25)18-21-17(22-28-18)12-8-13(26-2)10-14(9-12)27-3/h4-11H,1-3H3. The third-order valence-electron chi connectivity index (χ3n) is 4.62. The van der Waals surface area contributed by atoms with Gasteiger partial charge in [-0.3, -0.25) is 14.5 Å². The number of methoxy groups -OCH3 is 2. The second kappa shape index (κ2) is 6.80. The van der Waals surface area contributed by atoms with Gasteiger partial charge in [0.05, 0.1) is 25.3 Å². The summed E-state index contributed by atoms with van der Waals surface area (Å²) in [4.78, 5) is 30.8. The number of hydrogen-bond acceptors (Lipinski definition) is 7. The first-order valence-electron chi connectivity index (χ1n) is 8.57. The smallest absolute Gasteiger partial charge is 0.262 e. The average Bonchev–Trinajstić information content (AvgIpc) is 3.32. The molecule has 0 bridgehead atoms. The van der Waals surface area contributed by atoms with Crippen LogP contribution in [-0.2, 0) is 0 Å². The molecule has 142 valence electrons. The molecule has 1 aliphatic heterocycles. The van der Waals surface area contributed by atoms with Crippen LogP contribution in [0, 0.1) is 0 Å². The van der Waals surface area contributed by atoms with E-state index in [2.05, 4.69) is 10.1 Å². The van der Waals surface area contributed by atoms with E-state index in [1.165, 1.54) is 0 Å². The highest BCUT2D eigenvalue weighted by atomic mass is 16.5. The van der Waals surface area contributed by atoms with Crippen LogP contribution in [0.2, 0.25) is 0 Å². The summed E-state index contributed by atoms with van der Waals surface area (Å²) in [5.41, 5.74) is 1.37. The monoisotopic (exact) mass is 379 g/mol. The van der Waals surface area contributed by atoms with Crippen molar-refractivity contribution >= 4 is 11.8 Å². The Balaban J connectivity index is 1.65. The van der Waals surface area contributed by atoms with Gasteiger partial charge < -0.3 is 14.0 Å². The minimum Gasteiger partial charge on any atom is -0.497 e. The Morgan fingerprint density at radius 1 is 0.964 bits per heavy atom. The lowest BCUT2D eigenvalue weighted by Crippen LogP contribution is -2.32. The van der Waals surface area contributed by atoms with Crippen LogP contribution in [0.15, 0.2) is 47.0 Å². The van der Waals surface area contributed by atoms with Crippen LogP contribution in [0.5, 0.6) is 11.5 Å². The highest BCUT2D eigenvalue weighted by Crippen LogP contribution is 2.32. The van der Waals surface area contributed by atoms with Gasteiger partial charge in [0.25, 0.3) is 11.8 Å². The van der Waals surface area contributed by atoms with Crippen molar-refractivity contribution < 1.29 is 23.6 Å². The Morgan fingerprint density at radius 2 is 1.54 bits per heavy atom. The summed E-state index contributed by atoms with van der Waals surface area (Å²) in [6.07, 6.45) is 0. The second-order valence-corrected chi connectivity index (χ2v) is 6.26. The van der Waals surface area contributed by atoms with Crippen molar-refractivity contribution in [2.45, 2.75) is 13.0 Å². The summed E-state index contributed by atoms with van der Waals surface area (Å²) < 4.78 is 15.9. The molecule has 0 N–H and O–H groups in total. The lowest BCUT2D eigenvalue weighted by atomic mass is 10.1. The zero-order chi connectivity index (χ0) is 19.8. The summed E-state index contributed by atoms with van der Waals surface area (Å²) in [6.45, 7) is 1.67. The van der Waals surface area contributed by atoms with Gasteiger partial charge in [0.15, 0.2) is 0 Å². The van der Waals surface area contributed by atoms with E-state index in [-0.39, 0.29) is 17.7 Å². The van der Waals surface area contributed by atoms with Gasteiger partial charge in [-0.1, -0.05) is 17.3 Å². The highest BCUT2D eigenvalue weighted by Gasteiger charge is 2.40. The van der Waals surface area contributed by atoms with Crippen LogP contribution in [-0.4, -0.2) is 41.1 Å². The highest BCUT2D eigenvalue weighted by molar-refractivity contribution is 6.21. The summed E-state index contributed by atoms with van der Waals surface area (Å²) in [5.74, 6) is 0.858. The van der Waals surface area contributed by atoms with Crippen molar-refractivity contribution in [1.29, 1.82) is 0 Å². The zero-order valence-corrected chi connectivity index (χ0v) is 15.5. The van der Waals surface area contributed by atoms with Crippen molar-refractivity contribution in [3.05, 3.63) is 59.5 Å². The number of ether oxygens (including phenoxy) is 2. The fraction of sp³-hybridized carbons (Fsp3) is 0.200. The average molecular weight is 379 g/mol. The first kappa shape index (κ1) is 17.7. The van der Waals surface area contributed by atoms with Gasteiger partial charge in [-0.25, -0.2) is 0 Å². The van der Waals surface area contributed by atoms with E-state index >= 15 is 0 Å². The largest absolute Gasteiger partial charge is 0.497 e. The van der Waals surface area contributed by atoms with Crippen molar-refractivity contribution in [2.24, 2.45) is 0 Å². The molecule has 2 aromatic carbocycles. The van der Waals surface area contributed by atoms with Crippen LogP contribution in [0.25, 0.3) is 11.4 Å². The fourth-order valence-electron chi connectivity index (χ4n) is 3.13. The molecule has 8 nitrogen and oxygen atoms in total. The fourth-order valence-corrected chi connectivity index (χ4v) is 3.13. The van der Waals surface area contributed by atoms with Crippen LogP contribution < -0.4 is 9.47 Å². The normalized spacial score (nSPS) is 14.2. The van der Waals surface area contributed by atoms with E-state index in [4.69, 9.17) is 14.0 Å². The van der Waals surface area contributed by atoms with Crippen molar-refractivity contribution in [3.63, 3.8) is 0 Å². The number of benzene rings is 2. The molecule has 1 unspecified atom stereocenters. The lowest BCUT2D eigenvalue weighted by Gasteiger charge is -2.18. The van der Waals surface area contributed by atoms with Crippen LogP contribution in [0.3, 0.4) is 0 Å². The van der Waals surface area contributed by atoms with Crippen molar-refractivity contribution in [3.8, 4) is 22.9 Å². The molecule has 0 radical (unpaired) electrons. The van der Waals surface area contributed by atoms with Crippen molar-refractivity contribution in [1.82, 2.24) is 15.0 Å². The Morgan fingerprint density at radius 3 is 2.07 bits per heavy atom.